The summed E-state index contributed by atoms with van der Waals surface area (Å²) in [6, 6.07) is -0.461. The van der Waals surface area contributed by atoms with Crippen LogP contribution in [0.4, 0.5) is 0 Å². The molecule has 0 spiro atoms. The highest BCUT2D eigenvalue weighted by atomic mass is 16.2. The van der Waals surface area contributed by atoms with Crippen LogP contribution in [0.1, 0.15) is 20.8 Å². The van der Waals surface area contributed by atoms with Crippen molar-refractivity contribution in [3.05, 3.63) is 12.7 Å². The van der Waals surface area contributed by atoms with Crippen LogP contribution in [0.15, 0.2) is 12.7 Å². The largest absolute Gasteiger partial charge is 0.351 e. The summed E-state index contributed by atoms with van der Waals surface area (Å²) in [6.45, 7) is 9.78. The molecule has 0 aromatic rings. The zero-order chi connectivity index (χ0) is 9.78. The van der Waals surface area contributed by atoms with Gasteiger partial charge in [-0.25, -0.2) is 0 Å². The second-order valence-electron chi connectivity index (χ2n) is 3.88. The third-order valence-corrected chi connectivity index (χ3v) is 1.64. The van der Waals surface area contributed by atoms with Gasteiger partial charge < -0.3 is 11.1 Å². The Labute approximate surface area is 74.0 Å². The molecular formula is C9H18N2O. The van der Waals surface area contributed by atoms with Gasteiger partial charge in [-0.3, -0.25) is 4.79 Å². The third kappa shape index (κ3) is 3.53. The Hall–Kier alpha value is -0.830. The molecule has 1 atom stereocenters. The van der Waals surface area contributed by atoms with Crippen molar-refractivity contribution in [3.8, 4) is 0 Å². The second kappa shape index (κ2) is 4.26. The van der Waals surface area contributed by atoms with E-state index in [2.05, 4.69) is 11.9 Å². The minimum atomic E-state index is -0.461. The first-order valence-corrected chi connectivity index (χ1v) is 4.03. The maximum absolute atomic E-state index is 11.3. The number of nitrogens with two attached hydrogens (primary N) is 1. The van der Waals surface area contributed by atoms with Crippen molar-refractivity contribution in [1.82, 2.24) is 5.32 Å². The second-order valence-corrected chi connectivity index (χ2v) is 3.88. The van der Waals surface area contributed by atoms with E-state index in [-0.39, 0.29) is 11.3 Å². The van der Waals surface area contributed by atoms with Gasteiger partial charge in [-0.05, 0) is 5.41 Å². The molecule has 0 rings (SSSR count). The molecule has 0 saturated heterocycles. The normalized spacial score (nSPS) is 13.7. The fourth-order valence-electron chi connectivity index (χ4n) is 0.676. The van der Waals surface area contributed by atoms with Gasteiger partial charge in [-0.15, -0.1) is 6.58 Å². The van der Waals surface area contributed by atoms with Crippen LogP contribution in [0.25, 0.3) is 0 Å². The summed E-state index contributed by atoms with van der Waals surface area (Å²) in [5.41, 5.74) is 5.50. The van der Waals surface area contributed by atoms with Crippen LogP contribution in [0.3, 0.4) is 0 Å². The van der Waals surface area contributed by atoms with Crippen LogP contribution in [0.5, 0.6) is 0 Å². The molecule has 1 unspecified atom stereocenters. The van der Waals surface area contributed by atoms with E-state index in [0.29, 0.717) is 6.54 Å². The lowest BCUT2D eigenvalue weighted by Crippen LogP contribution is -2.48. The van der Waals surface area contributed by atoms with E-state index in [1.165, 1.54) is 0 Å². The molecule has 3 heteroatoms. The Morgan fingerprint density at radius 3 is 2.50 bits per heavy atom. The molecule has 0 bridgehead atoms. The van der Waals surface area contributed by atoms with Gasteiger partial charge in [0.05, 0.1) is 6.04 Å². The fourth-order valence-corrected chi connectivity index (χ4v) is 0.676. The molecule has 0 aliphatic carbocycles. The summed E-state index contributed by atoms with van der Waals surface area (Å²) in [4.78, 5) is 11.3. The molecule has 0 fully saturated rings. The lowest BCUT2D eigenvalue weighted by Gasteiger charge is -2.25. The van der Waals surface area contributed by atoms with E-state index in [0.717, 1.165) is 0 Å². The zero-order valence-corrected chi connectivity index (χ0v) is 8.05. The van der Waals surface area contributed by atoms with Gasteiger partial charge in [0, 0.05) is 6.54 Å². The monoisotopic (exact) mass is 170 g/mol. The Morgan fingerprint density at radius 2 is 2.17 bits per heavy atom. The van der Waals surface area contributed by atoms with Crippen molar-refractivity contribution in [2.24, 2.45) is 11.1 Å². The average Bonchev–Trinajstić information content (AvgIpc) is 1.97. The summed E-state index contributed by atoms with van der Waals surface area (Å²) in [5, 5.41) is 2.66. The topological polar surface area (TPSA) is 55.1 Å². The van der Waals surface area contributed by atoms with Crippen LogP contribution < -0.4 is 11.1 Å². The minimum Gasteiger partial charge on any atom is -0.351 e. The lowest BCUT2D eigenvalue weighted by molar-refractivity contribution is -0.124. The number of hydrogen-bond acceptors (Lipinski definition) is 2. The van der Waals surface area contributed by atoms with Gasteiger partial charge in [0.2, 0.25) is 5.91 Å². The molecule has 3 nitrogen and oxygen atoms in total. The summed E-state index contributed by atoms with van der Waals surface area (Å²) in [5.74, 6) is -0.123. The highest BCUT2D eigenvalue weighted by molar-refractivity contribution is 5.82. The lowest BCUT2D eigenvalue weighted by atomic mass is 9.87. The SMILES string of the molecule is C=CCNC(=O)C(N)C(C)(C)C. The standard InChI is InChI=1S/C9H18N2O/c1-5-6-11-8(12)7(10)9(2,3)4/h5,7H,1,6,10H2,2-4H3,(H,11,12). The van der Waals surface area contributed by atoms with E-state index in [1.807, 2.05) is 20.8 Å². The molecular weight excluding hydrogens is 152 g/mol. The molecule has 0 aromatic heterocycles. The maximum Gasteiger partial charge on any atom is 0.237 e. The predicted octanol–water partition coefficient (Wildman–Crippen LogP) is 0.662. The van der Waals surface area contributed by atoms with Crippen molar-refractivity contribution in [2.75, 3.05) is 6.54 Å². The van der Waals surface area contributed by atoms with Gasteiger partial charge in [0.15, 0.2) is 0 Å². The molecule has 1 amide bonds. The van der Waals surface area contributed by atoms with E-state index in [9.17, 15) is 4.79 Å². The van der Waals surface area contributed by atoms with Crippen LogP contribution in [-0.2, 0) is 4.79 Å². The van der Waals surface area contributed by atoms with Gasteiger partial charge in [0.25, 0.3) is 0 Å². The summed E-state index contributed by atoms with van der Waals surface area (Å²) < 4.78 is 0. The first-order chi connectivity index (χ1) is 5.39. The number of carbonyl (C=O) groups is 1. The van der Waals surface area contributed by atoms with Crippen LogP contribution >= 0.6 is 0 Å². The minimum absolute atomic E-state index is 0.123. The van der Waals surface area contributed by atoms with Gasteiger partial charge in [-0.2, -0.15) is 0 Å². The molecule has 0 aromatic carbocycles. The number of amides is 1. The average molecular weight is 170 g/mol. The van der Waals surface area contributed by atoms with E-state index in [4.69, 9.17) is 5.73 Å². The number of carbonyl (C=O) groups excluding carboxylic acids is 1. The number of hydrogen-bond donors (Lipinski definition) is 2. The highest BCUT2D eigenvalue weighted by Gasteiger charge is 2.26. The Balaban J connectivity index is 4.02. The zero-order valence-electron chi connectivity index (χ0n) is 8.05. The van der Waals surface area contributed by atoms with Crippen LogP contribution in [0.2, 0.25) is 0 Å². The van der Waals surface area contributed by atoms with Crippen molar-refractivity contribution in [2.45, 2.75) is 26.8 Å². The van der Waals surface area contributed by atoms with Crippen LogP contribution in [-0.4, -0.2) is 18.5 Å². The maximum atomic E-state index is 11.3. The van der Waals surface area contributed by atoms with E-state index < -0.39 is 6.04 Å². The summed E-state index contributed by atoms with van der Waals surface area (Å²) in [6.07, 6.45) is 1.63. The summed E-state index contributed by atoms with van der Waals surface area (Å²) in [7, 11) is 0. The quantitative estimate of drug-likeness (QED) is 0.611. The molecule has 12 heavy (non-hydrogen) atoms. The first-order valence-electron chi connectivity index (χ1n) is 4.03. The first kappa shape index (κ1) is 11.2. The molecule has 3 N–H and O–H groups in total. The Bertz CT molecular complexity index is 170. The van der Waals surface area contributed by atoms with Crippen molar-refractivity contribution < 1.29 is 4.79 Å². The van der Waals surface area contributed by atoms with E-state index >= 15 is 0 Å². The predicted molar refractivity (Wildman–Crippen MR) is 50.6 cm³/mol. The molecule has 0 radical (unpaired) electrons. The number of nitrogens with one attached hydrogen (secondary N) is 1. The van der Waals surface area contributed by atoms with Gasteiger partial charge in [-0.1, -0.05) is 26.8 Å². The highest BCUT2D eigenvalue weighted by Crippen LogP contribution is 2.16. The summed E-state index contributed by atoms with van der Waals surface area (Å²) >= 11 is 0. The fraction of sp³-hybridized carbons (Fsp3) is 0.667. The molecule has 0 saturated carbocycles. The Morgan fingerprint density at radius 1 is 1.67 bits per heavy atom. The third-order valence-electron chi connectivity index (χ3n) is 1.64. The van der Waals surface area contributed by atoms with Crippen molar-refractivity contribution in [1.29, 1.82) is 0 Å². The van der Waals surface area contributed by atoms with Crippen LogP contribution in [0, 0.1) is 5.41 Å². The van der Waals surface area contributed by atoms with Gasteiger partial charge >= 0.3 is 0 Å². The van der Waals surface area contributed by atoms with Crippen molar-refractivity contribution >= 4 is 5.91 Å². The molecule has 0 aliphatic heterocycles. The molecule has 70 valence electrons. The Kier molecular flexibility index (Phi) is 3.96. The molecule has 0 aliphatic rings. The van der Waals surface area contributed by atoms with Crippen molar-refractivity contribution in [3.63, 3.8) is 0 Å². The smallest absolute Gasteiger partial charge is 0.237 e. The van der Waals surface area contributed by atoms with E-state index in [1.54, 1.807) is 6.08 Å². The molecule has 0 heterocycles. The number of rotatable bonds is 3. The van der Waals surface area contributed by atoms with Gasteiger partial charge in [0.1, 0.15) is 0 Å².